The third-order valence-corrected chi connectivity index (χ3v) is 6.07. The van der Waals surface area contributed by atoms with Crippen molar-refractivity contribution in [2.24, 2.45) is 10.6 Å². The van der Waals surface area contributed by atoms with Crippen molar-refractivity contribution in [1.82, 2.24) is 4.57 Å². The minimum atomic E-state index is -0.492. The molecular weight excluding hydrogens is 464 g/mol. The molecule has 0 N–H and O–H groups in total. The molecule has 0 unspecified atom stereocenters. The lowest BCUT2D eigenvalue weighted by Gasteiger charge is -2.31. The number of aromatic nitrogens is 1. The van der Waals surface area contributed by atoms with Crippen LogP contribution in [-0.2, 0) is 11.3 Å². The highest BCUT2D eigenvalue weighted by atomic mass is 79.9. The van der Waals surface area contributed by atoms with E-state index in [4.69, 9.17) is 16.4 Å². The fourth-order valence-electron chi connectivity index (χ4n) is 3.94. The lowest BCUT2D eigenvalue weighted by Crippen LogP contribution is -2.28. The summed E-state index contributed by atoms with van der Waals surface area (Å²) in [6, 6.07) is 17.0. The van der Waals surface area contributed by atoms with Gasteiger partial charge in [0.25, 0.3) is 0 Å². The Balaban J connectivity index is 1.70. The zero-order valence-electron chi connectivity index (χ0n) is 17.1. The van der Waals surface area contributed by atoms with Crippen molar-refractivity contribution in [3.63, 3.8) is 0 Å². The number of carbonyl (C=O) groups is 1. The molecule has 6 heteroatoms. The third kappa shape index (κ3) is 4.23. The second-order valence-electron chi connectivity index (χ2n) is 8.40. The summed E-state index contributed by atoms with van der Waals surface area (Å²) >= 11 is 9.40. The van der Waals surface area contributed by atoms with Gasteiger partial charge in [-0.25, -0.2) is 4.79 Å². The van der Waals surface area contributed by atoms with Gasteiger partial charge in [-0.05, 0) is 79.8 Å². The summed E-state index contributed by atoms with van der Waals surface area (Å²) in [4.78, 5) is 17.7. The van der Waals surface area contributed by atoms with E-state index < -0.39 is 5.97 Å². The Morgan fingerprint density at radius 3 is 2.43 bits per heavy atom. The molecule has 0 spiro atoms. The molecule has 0 bridgehead atoms. The van der Waals surface area contributed by atoms with Gasteiger partial charge in [0.2, 0.25) is 0 Å². The van der Waals surface area contributed by atoms with Crippen LogP contribution in [0, 0.1) is 12.3 Å². The zero-order chi connectivity index (χ0) is 21.5. The topological polar surface area (TPSA) is 43.6 Å². The minimum absolute atomic E-state index is 0.00355. The number of hydrogen-bond donors (Lipinski definition) is 0. The Morgan fingerprint density at radius 1 is 1.10 bits per heavy atom. The van der Waals surface area contributed by atoms with Crippen molar-refractivity contribution in [3.8, 4) is 5.69 Å². The van der Waals surface area contributed by atoms with E-state index in [-0.39, 0.29) is 5.41 Å². The predicted octanol–water partition coefficient (Wildman–Crippen LogP) is 6.74. The summed E-state index contributed by atoms with van der Waals surface area (Å²) < 4.78 is 3.31. The van der Waals surface area contributed by atoms with Crippen molar-refractivity contribution < 1.29 is 9.63 Å². The molecule has 30 heavy (non-hydrogen) atoms. The smallest absolute Gasteiger partial charge is 0.318 e. The number of halogens is 2. The normalized spacial score (nSPS) is 16.4. The quantitative estimate of drug-likeness (QED) is 0.305. The second kappa shape index (κ2) is 8.05. The maximum absolute atomic E-state index is 12.4. The van der Waals surface area contributed by atoms with E-state index in [9.17, 15) is 4.79 Å². The molecule has 4 rings (SSSR count). The Hall–Kier alpha value is -2.37. The van der Waals surface area contributed by atoms with Crippen LogP contribution in [0.4, 0.5) is 0 Å². The van der Waals surface area contributed by atoms with Crippen molar-refractivity contribution in [2.45, 2.75) is 33.6 Å². The van der Waals surface area contributed by atoms with E-state index in [1.54, 1.807) is 24.3 Å². The molecule has 0 saturated carbocycles. The molecule has 154 valence electrons. The number of carbonyl (C=O) groups excluding carboxylic acids is 1. The summed E-state index contributed by atoms with van der Waals surface area (Å²) in [6.07, 6.45) is 1.65. The van der Waals surface area contributed by atoms with E-state index in [1.807, 2.05) is 12.1 Å². The monoisotopic (exact) mass is 484 g/mol. The highest BCUT2D eigenvalue weighted by Gasteiger charge is 2.33. The maximum atomic E-state index is 12.4. The molecule has 0 atom stereocenters. The second-order valence-corrected chi connectivity index (χ2v) is 9.75. The van der Waals surface area contributed by atoms with Crippen LogP contribution < -0.4 is 0 Å². The molecule has 2 aromatic carbocycles. The molecule has 1 aliphatic carbocycles. The summed E-state index contributed by atoms with van der Waals surface area (Å²) in [5.41, 5.74) is 5.66. The van der Waals surface area contributed by atoms with Crippen LogP contribution in [0.15, 0.2) is 64.2 Å². The van der Waals surface area contributed by atoms with Crippen molar-refractivity contribution in [1.29, 1.82) is 0 Å². The molecule has 3 aromatic rings. The zero-order valence-corrected chi connectivity index (χ0v) is 19.4. The largest absolute Gasteiger partial charge is 0.365 e. The first-order valence-corrected chi connectivity index (χ1v) is 10.9. The van der Waals surface area contributed by atoms with Gasteiger partial charge >= 0.3 is 5.97 Å². The number of rotatable bonds is 3. The molecule has 0 aliphatic heterocycles. The molecule has 1 aromatic heterocycles. The number of hydrogen-bond acceptors (Lipinski definition) is 3. The summed E-state index contributed by atoms with van der Waals surface area (Å²) in [7, 11) is 0. The van der Waals surface area contributed by atoms with Crippen molar-refractivity contribution >= 4 is 39.2 Å². The van der Waals surface area contributed by atoms with E-state index in [2.05, 4.69) is 64.6 Å². The Bertz CT molecular complexity index is 1130. The van der Waals surface area contributed by atoms with Crippen molar-refractivity contribution in [2.75, 3.05) is 0 Å². The minimum Gasteiger partial charge on any atom is -0.318 e. The molecule has 0 fully saturated rings. The molecule has 0 saturated heterocycles. The highest BCUT2D eigenvalue weighted by Crippen LogP contribution is 2.38. The van der Waals surface area contributed by atoms with Crippen LogP contribution in [-0.4, -0.2) is 16.2 Å². The van der Waals surface area contributed by atoms with Gasteiger partial charge in [0, 0.05) is 32.1 Å². The molecule has 0 amide bonds. The molecule has 1 heterocycles. The first kappa shape index (κ1) is 20.9. The fourth-order valence-corrected chi connectivity index (χ4v) is 4.34. The first-order chi connectivity index (χ1) is 14.2. The van der Waals surface area contributed by atoms with Gasteiger partial charge in [0.1, 0.15) is 0 Å². The highest BCUT2D eigenvalue weighted by molar-refractivity contribution is 9.10. The summed E-state index contributed by atoms with van der Waals surface area (Å²) in [5.74, 6) is -0.492. The maximum Gasteiger partial charge on any atom is 0.365 e. The summed E-state index contributed by atoms with van der Waals surface area (Å²) in [6.45, 7) is 6.51. The van der Waals surface area contributed by atoms with Gasteiger partial charge in [-0.2, -0.15) is 0 Å². The average Bonchev–Trinajstić information content (AvgIpc) is 3.02. The van der Waals surface area contributed by atoms with Gasteiger partial charge in [-0.1, -0.05) is 46.5 Å². The van der Waals surface area contributed by atoms with E-state index in [0.717, 1.165) is 40.0 Å². The standard InChI is InChI=1S/C24H22BrClN2O2/c1-15-12-20-21(27-30-23(29)16-4-8-18(26)9-5-16)13-24(2,3)14-22(20)28(15)19-10-6-17(25)7-11-19/h4-12H,13-14H2,1-3H3/b27-21+. The van der Waals surface area contributed by atoms with E-state index in [1.165, 1.54) is 5.69 Å². The van der Waals surface area contributed by atoms with Crippen LogP contribution in [0.25, 0.3) is 5.69 Å². The fraction of sp³-hybridized carbons (Fsp3) is 0.250. The van der Waals surface area contributed by atoms with Crippen LogP contribution in [0.1, 0.15) is 47.6 Å². The lowest BCUT2D eigenvalue weighted by atomic mass is 9.76. The number of aryl methyl sites for hydroxylation is 1. The molecule has 1 aliphatic rings. The van der Waals surface area contributed by atoms with E-state index in [0.29, 0.717) is 10.6 Å². The van der Waals surface area contributed by atoms with Crippen LogP contribution >= 0.6 is 27.5 Å². The van der Waals surface area contributed by atoms with Gasteiger partial charge in [0.15, 0.2) is 0 Å². The van der Waals surface area contributed by atoms with Gasteiger partial charge in [-0.15, -0.1) is 0 Å². The Morgan fingerprint density at radius 2 is 1.77 bits per heavy atom. The molecular formula is C24H22BrClN2O2. The summed E-state index contributed by atoms with van der Waals surface area (Å²) in [5, 5.41) is 4.87. The molecule has 4 nitrogen and oxygen atoms in total. The third-order valence-electron chi connectivity index (χ3n) is 5.29. The van der Waals surface area contributed by atoms with Gasteiger partial charge in [0.05, 0.1) is 11.3 Å². The predicted molar refractivity (Wildman–Crippen MR) is 124 cm³/mol. The average molecular weight is 486 g/mol. The van der Waals surface area contributed by atoms with Crippen LogP contribution in [0.3, 0.4) is 0 Å². The number of oxime groups is 1. The SMILES string of the molecule is Cc1cc2c(n1-c1ccc(Br)cc1)CC(C)(C)C/C2=N\OC(=O)c1ccc(Cl)cc1. The Kier molecular flexibility index (Phi) is 5.60. The van der Waals surface area contributed by atoms with Crippen LogP contribution in [0.2, 0.25) is 5.02 Å². The van der Waals surface area contributed by atoms with Gasteiger partial charge in [-0.3, -0.25) is 0 Å². The lowest BCUT2D eigenvalue weighted by molar-refractivity contribution is 0.0514. The number of nitrogens with zero attached hydrogens (tertiary/aromatic N) is 2. The first-order valence-electron chi connectivity index (χ1n) is 9.75. The van der Waals surface area contributed by atoms with Gasteiger partial charge < -0.3 is 9.40 Å². The number of fused-ring (bicyclic) bond motifs is 1. The Labute approximate surface area is 189 Å². The van der Waals surface area contributed by atoms with Crippen LogP contribution in [0.5, 0.6) is 0 Å². The van der Waals surface area contributed by atoms with E-state index >= 15 is 0 Å². The number of benzene rings is 2. The van der Waals surface area contributed by atoms with Crippen molar-refractivity contribution in [3.05, 3.63) is 86.6 Å². The molecule has 0 radical (unpaired) electrons.